The predicted molar refractivity (Wildman–Crippen MR) is 77.7 cm³/mol. The van der Waals surface area contributed by atoms with Gasteiger partial charge in [0.15, 0.2) is 0 Å². The van der Waals surface area contributed by atoms with Crippen molar-refractivity contribution in [3.63, 3.8) is 0 Å². The van der Waals surface area contributed by atoms with Crippen LogP contribution in [-0.4, -0.2) is 31.1 Å². The molecule has 1 aromatic rings. The number of nitrogens with one attached hydrogen (secondary N) is 1. The quantitative estimate of drug-likeness (QED) is 0.897. The summed E-state index contributed by atoms with van der Waals surface area (Å²) in [6.45, 7) is 4.45. The Hall–Kier alpha value is -0.930. The summed E-state index contributed by atoms with van der Waals surface area (Å²) in [5.74, 6) is -0.153. The fraction of sp³-hybridized carbons (Fsp3) is 0.625. The number of hydrogen-bond donors (Lipinski definition) is 1. The van der Waals surface area contributed by atoms with Gasteiger partial charge in [-0.15, -0.1) is 0 Å². The Morgan fingerprint density at radius 1 is 1.26 bits per heavy atom. The molecule has 0 bridgehead atoms. The number of benzene rings is 1. The third kappa shape index (κ3) is 3.77. The van der Waals surface area contributed by atoms with E-state index in [1.54, 1.807) is 12.1 Å². The van der Waals surface area contributed by atoms with E-state index in [0.29, 0.717) is 12.1 Å². The van der Waals surface area contributed by atoms with Gasteiger partial charge in [0, 0.05) is 12.1 Å². The highest BCUT2D eigenvalue weighted by Gasteiger charge is 2.23. The normalized spacial score (nSPS) is 22.2. The summed E-state index contributed by atoms with van der Waals surface area (Å²) in [7, 11) is 2.22. The van der Waals surface area contributed by atoms with Crippen LogP contribution in [0.2, 0.25) is 0 Å². The summed E-state index contributed by atoms with van der Waals surface area (Å²) in [4.78, 5) is 2.49. The molecule has 19 heavy (non-hydrogen) atoms. The van der Waals surface area contributed by atoms with Crippen LogP contribution >= 0.6 is 0 Å². The van der Waals surface area contributed by atoms with E-state index in [1.807, 2.05) is 12.1 Å². The van der Waals surface area contributed by atoms with Gasteiger partial charge in [-0.25, -0.2) is 4.39 Å². The molecule has 2 atom stereocenters. The van der Waals surface area contributed by atoms with Crippen molar-refractivity contribution in [2.24, 2.45) is 0 Å². The number of halogens is 1. The van der Waals surface area contributed by atoms with Gasteiger partial charge in [-0.05, 0) is 63.5 Å². The molecule has 106 valence electrons. The predicted octanol–water partition coefficient (Wildman–Crippen LogP) is 3.35. The average Bonchev–Trinajstić information content (AvgIpc) is 2.70. The summed E-state index contributed by atoms with van der Waals surface area (Å²) in [5, 5.41) is 3.46. The van der Waals surface area contributed by atoms with Gasteiger partial charge in [-0.1, -0.05) is 19.1 Å². The maximum atomic E-state index is 13.0. The highest BCUT2D eigenvalue weighted by Crippen LogP contribution is 2.27. The molecule has 0 saturated carbocycles. The van der Waals surface area contributed by atoms with Crippen LogP contribution < -0.4 is 5.32 Å². The Morgan fingerprint density at radius 3 is 2.68 bits per heavy atom. The van der Waals surface area contributed by atoms with Crippen molar-refractivity contribution < 1.29 is 4.39 Å². The second-order valence-corrected chi connectivity index (χ2v) is 5.48. The zero-order valence-electron chi connectivity index (χ0n) is 12.0. The molecular weight excluding hydrogens is 239 g/mol. The zero-order chi connectivity index (χ0) is 13.7. The highest BCUT2D eigenvalue weighted by atomic mass is 19.1. The standard InChI is InChI=1S/C16H25FN2/c1-3-16(13-6-8-14(17)9-7-13)19(2)15-5-4-11-18-12-10-15/h6-9,15-16,18H,3-5,10-12H2,1-2H3. The molecule has 1 fully saturated rings. The highest BCUT2D eigenvalue weighted by molar-refractivity contribution is 5.20. The molecule has 0 aliphatic carbocycles. The Morgan fingerprint density at radius 2 is 2.00 bits per heavy atom. The lowest BCUT2D eigenvalue weighted by Gasteiger charge is -2.34. The largest absolute Gasteiger partial charge is 0.317 e. The van der Waals surface area contributed by atoms with E-state index in [9.17, 15) is 4.39 Å². The first-order valence-corrected chi connectivity index (χ1v) is 7.40. The maximum Gasteiger partial charge on any atom is 0.123 e. The van der Waals surface area contributed by atoms with Crippen molar-refractivity contribution in [3.8, 4) is 0 Å². The Bertz CT molecular complexity index is 369. The van der Waals surface area contributed by atoms with Gasteiger partial charge in [-0.3, -0.25) is 4.90 Å². The van der Waals surface area contributed by atoms with E-state index in [1.165, 1.54) is 24.8 Å². The molecule has 0 amide bonds. The van der Waals surface area contributed by atoms with Gasteiger partial charge in [0.2, 0.25) is 0 Å². The maximum absolute atomic E-state index is 13.0. The fourth-order valence-corrected chi connectivity index (χ4v) is 3.11. The summed E-state index contributed by atoms with van der Waals surface area (Å²) in [6, 6.07) is 8.01. The van der Waals surface area contributed by atoms with Gasteiger partial charge in [-0.2, -0.15) is 0 Å². The molecule has 1 aromatic carbocycles. The van der Waals surface area contributed by atoms with Crippen LogP contribution in [0.15, 0.2) is 24.3 Å². The van der Waals surface area contributed by atoms with E-state index in [4.69, 9.17) is 0 Å². The molecule has 1 aliphatic heterocycles. The van der Waals surface area contributed by atoms with Gasteiger partial charge in [0.25, 0.3) is 0 Å². The Labute approximate surface area is 116 Å². The summed E-state index contributed by atoms with van der Waals surface area (Å²) < 4.78 is 13.0. The van der Waals surface area contributed by atoms with E-state index in [0.717, 1.165) is 19.5 Å². The third-order valence-electron chi connectivity index (χ3n) is 4.25. The van der Waals surface area contributed by atoms with Crippen molar-refractivity contribution >= 4 is 0 Å². The van der Waals surface area contributed by atoms with Crippen molar-refractivity contribution in [2.75, 3.05) is 20.1 Å². The van der Waals surface area contributed by atoms with Crippen LogP contribution in [0.1, 0.15) is 44.2 Å². The van der Waals surface area contributed by atoms with Crippen LogP contribution in [0, 0.1) is 5.82 Å². The smallest absolute Gasteiger partial charge is 0.123 e. The molecule has 0 spiro atoms. The summed E-state index contributed by atoms with van der Waals surface area (Å²) in [6.07, 6.45) is 4.76. The molecule has 2 unspecified atom stereocenters. The Balaban J connectivity index is 2.09. The molecular formula is C16H25FN2. The van der Waals surface area contributed by atoms with Crippen molar-refractivity contribution in [1.29, 1.82) is 0 Å². The molecule has 1 aliphatic rings. The van der Waals surface area contributed by atoms with Crippen LogP contribution in [0.5, 0.6) is 0 Å². The van der Waals surface area contributed by atoms with Crippen LogP contribution in [0.25, 0.3) is 0 Å². The number of rotatable bonds is 4. The number of hydrogen-bond acceptors (Lipinski definition) is 2. The lowest BCUT2D eigenvalue weighted by Crippen LogP contribution is -2.35. The van der Waals surface area contributed by atoms with Crippen LogP contribution in [0.3, 0.4) is 0 Å². The molecule has 0 aromatic heterocycles. The molecule has 1 saturated heterocycles. The lowest BCUT2D eigenvalue weighted by molar-refractivity contribution is 0.156. The van der Waals surface area contributed by atoms with Crippen molar-refractivity contribution in [1.82, 2.24) is 10.2 Å². The first kappa shape index (κ1) is 14.5. The first-order valence-electron chi connectivity index (χ1n) is 7.40. The molecule has 3 heteroatoms. The first-order chi connectivity index (χ1) is 9.22. The molecule has 1 heterocycles. The minimum Gasteiger partial charge on any atom is -0.317 e. The average molecular weight is 264 g/mol. The second-order valence-electron chi connectivity index (χ2n) is 5.48. The summed E-state index contributed by atoms with van der Waals surface area (Å²) >= 11 is 0. The number of nitrogens with zero attached hydrogens (tertiary/aromatic N) is 1. The molecule has 2 rings (SSSR count). The van der Waals surface area contributed by atoms with Crippen LogP contribution in [-0.2, 0) is 0 Å². The van der Waals surface area contributed by atoms with E-state index >= 15 is 0 Å². The van der Waals surface area contributed by atoms with E-state index < -0.39 is 0 Å². The van der Waals surface area contributed by atoms with Gasteiger partial charge in [0.05, 0.1) is 0 Å². The second kappa shape index (κ2) is 7.01. The zero-order valence-corrected chi connectivity index (χ0v) is 12.0. The topological polar surface area (TPSA) is 15.3 Å². The van der Waals surface area contributed by atoms with Crippen molar-refractivity contribution in [3.05, 3.63) is 35.6 Å². The molecule has 1 N–H and O–H groups in total. The van der Waals surface area contributed by atoms with Gasteiger partial charge in [0.1, 0.15) is 5.82 Å². The molecule has 0 radical (unpaired) electrons. The minimum atomic E-state index is -0.153. The van der Waals surface area contributed by atoms with Crippen LogP contribution in [0.4, 0.5) is 4.39 Å². The third-order valence-corrected chi connectivity index (χ3v) is 4.25. The van der Waals surface area contributed by atoms with E-state index in [-0.39, 0.29) is 5.82 Å². The minimum absolute atomic E-state index is 0.153. The van der Waals surface area contributed by atoms with Gasteiger partial charge < -0.3 is 5.32 Å². The monoisotopic (exact) mass is 264 g/mol. The van der Waals surface area contributed by atoms with Crippen molar-refractivity contribution in [2.45, 2.75) is 44.7 Å². The molecule has 2 nitrogen and oxygen atoms in total. The fourth-order valence-electron chi connectivity index (χ4n) is 3.11. The lowest BCUT2D eigenvalue weighted by atomic mass is 9.99. The van der Waals surface area contributed by atoms with Gasteiger partial charge >= 0.3 is 0 Å². The summed E-state index contributed by atoms with van der Waals surface area (Å²) in [5.41, 5.74) is 1.23. The SMILES string of the molecule is CCC(c1ccc(F)cc1)N(C)C1CCCNCC1. The van der Waals surface area contributed by atoms with E-state index in [2.05, 4.69) is 24.2 Å². The Kier molecular flexibility index (Phi) is 5.34.